The van der Waals surface area contributed by atoms with Crippen LogP contribution in [0, 0.1) is 12.9 Å². The van der Waals surface area contributed by atoms with Crippen molar-refractivity contribution in [2.45, 2.75) is 59.5 Å². The number of imidazole rings is 2. The van der Waals surface area contributed by atoms with Crippen molar-refractivity contribution >= 4 is 0 Å². The molecule has 0 amide bonds. The zero-order valence-corrected chi connectivity index (χ0v) is 15.7. The highest BCUT2D eigenvalue weighted by atomic mass is 19.1. The highest BCUT2D eigenvalue weighted by Crippen LogP contribution is 2.19. The Morgan fingerprint density at radius 1 is 1.12 bits per heavy atom. The minimum absolute atomic E-state index is 0.499. The second-order valence-electron chi connectivity index (χ2n) is 6.49. The lowest BCUT2D eigenvalue weighted by Gasteiger charge is -2.12. The molecule has 138 valence electrons. The molecule has 0 saturated heterocycles. The predicted octanol–water partition coefficient (Wildman–Crippen LogP) is 4.39. The molecule has 0 aliphatic rings. The Bertz CT molecular complexity index is 865. The summed E-state index contributed by atoms with van der Waals surface area (Å²) in [5, 5.41) is 0. The third kappa shape index (κ3) is 3.84. The van der Waals surface area contributed by atoms with Gasteiger partial charge in [0.25, 0.3) is 0 Å². The molecule has 5 nitrogen and oxygen atoms in total. The molecule has 0 N–H and O–H groups in total. The van der Waals surface area contributed by atoms with Crippen LogP contribution < -0.4 is 0 Å². The van der Waals surface area contributed by atoms with Gasteiger partial charge in [0.2, 0.25) is 5.95 Å². The van der Waals surface area contributed by atoms with Crippen molar-refractivity contribution in [2.75, 3.05) is 0 Å². The zero-order chi connectivity index (χ0) is 18.5. The number of aryl methyl sites for hydroxylation is 1. The van der Waals surface area contributed by atoms with Gasteiger partial charge in [-0.05, 0) is 38.8 Å². The van der Waals surface area contributed by atoms with Crippen LogP contribution >= 0.6 is 0 Å². The number of aromatic nitrogens is 5. The fraction of sp³-hybridized carbons (Fsp3) is 0.450. The van der Waals surface area contributed by atoms with Crippen molar-refractivity contribution in [3.05, 3.63) is 53.8 Å². The number of unbranched alkanes of at least 4 members (excludes halogenated alkanes) is 2. The maximum atomic E-state index is 13.5. The molecule has 6 heteroatoms. The van der Waals surface area contributed by atoms with Gasteiger partial charge in [0.05, 0.1) is 12.2 Å². The molecule has 0 radical (unpaired) electrons. The highest BCUT2D eigenvalue weighted by Gasteiger charge is 2.16. The molecule has 0 fully saturated rings. The summed E-state index contributed by atoms with van der Waals surface area (Å²) in [7, 11) is 0. The van der Waals surface area contributed by atoms with Crippen LogP contribution in [0.4, 0.5) is 4.39 Å². The third-order valence-electron chi connectivity index (χ3n) is 4.66. The van der Waals surface area contributed by atoms with Crippen LogP contribution in [0.15, 0.2) is 30.6 Å². The summed E-state index contributed by atoms with van der Waals surface area (Å²) in [4.78, 5) is 13.1. The lowest BCUT2D eigenvalue weighted by molar-refractivity contribution is 0.583. The van der Waals surface area contributed by atoms with E-state index in [1.807, 2.05) is 10.8 Å². The summed E-state index contributed by atoms with van der Waals surface area (Å²) < 4.78 is 17.8. The van der Waals surface area contributed by atoms with Gasteiger partial charge in [-0.2, -0.15) is 4.39 Å². The molecule has 0 aliphatic heterocycles. The van der Waals surface area contributed by atoms with Crippen molar-refractivity contribution in [3.8, 4) is 11.5 Å². The standard InChI is InChI=1S/C20H26FN5/c1-4-6-7-10-17-15(3)23-19(26(17)5-2)14-25-13-12-22-20(25)16-9-8-11-18(21)24-16/h8-9,11-13H,4-7,10,14H2,1-3H3. The van der Waals surface area contributed by atoms with Gasteiger partial charge in [0.1, 0.15) is 11.5 Å². The Morgan fingerprint density at radius 3 is 2.69 bits per heavy atom. The van der Waals surface area contributed by atoms with Crippen LogP contribution in [-0.2, 0) is 19.5 Å². The van der Waals surface area contributed by atoms with Crippen LogP contribution in [0.25, 0.3) is 11.5 Å². The summed E-state index contributed by atoms with van der Waals surface area (Å²) in [6.07, 6.45) is 8.30. The molecule has 0 spiro atoms. The number of halogens is 1. The monoisotopic (exact) mass is 355 g/mol. The molecule has 3 aromatic rings. The van der Waals surface area contributed by atoms with Crippen LogP contribution in [-0.4, -0.2) is 24.1 Å². The summed E-state index contributed by atoms with van der Waals surface area (Å²) in [5.41, 5.74) is 2.95. The van der Waals surface area contributed by atoms with E-state index in [9.17, 15) is 4.39 Å². The molecule has 3 heterocycles. The van der Waals surface area contributed by atoms with E-state index in [1.54, 1.807) is 18.3 Å². The van der Waals surface area contributed by atoms with Crippen LogP contribution in [0.2, 0.25) is 0 Å². The van der Waals surface area contributed by atoms with E-state index in [0.29, 0.717) is 18.1 Å². The second-order valence-corrected chi connectivity index (χ2v) is 6.49. The number of pyridine rings is 1. The molecule has 3 rings (SSSR count). The molecule has 3 aromatic heterocycles. The summed E-state index contributed by atoms with van der Waals surface area (Å²) in [6, 6.07) is 4.77. The van der Waals surface area contributed by atoms with Gasteiger partial charge in [-0.3, -0.25) is 0 Å². The second kappa shape index (κ2) is 8.25. The lowest BCUT2D eigenvalue weighted by Crippen LogP contribution is -2.11. The average Bonchev–Trinajstić information content (AvgIpc) is 3.20. The maximum absolute atomic E-state index is 13.5. The molecular weight excluding hydrogens is 329 g/mol. The number of nitrogens with zero attached hydrogens (tertiary/aromatic N) is 5. The fourth-order valence-electron chi connectivity index (χ4n) is 3.38. The summed E-state index contributed by atoms with van der Waals surface area (Å²) in [6.45, 7) is 7.93. The first-order valence-corrected chi connectivity index (χ1v) is 9.33. The Balaban J connectivity index is 1.88. The van der Waals surface area contributed by atoms with E-state index in [0.717, 1.165) is 24.5 Å². The Hall–Kier alpha value is -2.50. The van der Waals surface area contributed by atoms with Gasteiger partial charge >= 0.3 is 0 Å². The summed E-state index contributed by atoms with van der Waals surface area (Å²) >= 11 is 0. The number of rotatable bonds is 8. The highest BCUT2D eigenvalue weighted by molar-refractivity contribution is 5.49. The van der Waals surface area contributed by atoms with Crippen LogP contribution in [0.3, 0.4) is 0 Å². The molecule has 0 atom stereocenters. The quantitative estimate of drug-likeness (QED) is 0.445. The van der Waals surface area contributed by atoms with Crippen LogP contribution in [0.5, 0.6) is 0 Å². The minimum atomic E-state index is -0.499. The van der Waals surface area contributed by atoms with Gasteiger partial charge in [0, 0.05) is 24.6 Å². The van der Waals surface area contributed by atoms with Gasteiger partial charge in [-0.25, -0.2) is 15.0 Å². The molecule has 0 aliphatic carbocycles. The van der Waals surface area contributed by atoms with Crippen molar-refractivity contribution in [1.82, 2.24) is 24.1 Å². The Kier molecular flexibility index (Phi) is 5.81. The molecule has 0 unspecified atom stereocenters. The molecule has 0 saturated carbocycles. The van der Waals surface area contributed by atoms with Crippen molar-refractivity contribution in [2.24, 2.45) is 0 Å². The maximum Gasteiger partial charge on any atom is 0.213 e. The topological polar surface area (TPSA) is 48.5 Å². The first-order chi connectivity index (χ1) is 12.6. The van der Waals surface area contributed by atoms with E-state index in [1.165, 1.54) is 31.0 Å². The summed E-state index contributed by atoms with van der Waals surface area (Å²) in [5.74, 6) is 1.16. The molecular formula is C20H26FN5. The van der Waals surface area contributed by atoms with Gasteiger partial charge in [-0.1, -0.05) is 25.8 Å². The van der Waals surface area contributed by atoms with E-state index in [4.69, 9.17) is 4.98 Å². The van der Waals surface area contributed by atoms with E-state index in [-0.39, 0.29) is 0 Å². The van der Waals surface area contributed by atoms with E-state index < -0.39 is 5.95 Å². The van der Waals surface area contributed by atoms with Crippen molar-refractivity contribution in [3.63, 3.8) is 0 Å². The van der Waals surface area contributed by atoms with Gasteiger partial charge in [0.15, 0.2) is 5.82 Å². The smallest absolute Gasteiger partial charge is 0.213 e. The minimum Gasteiger partial charge on any atom is -0.331 e. The number of hydrogen-bond acceptors (Lipinski definition) is 3. The molecule has 0 aromatic carbocycles. The predicted molar refractivity (Wildman–Crippen MR) is 100 cm³/mol. The fourth-order valence-corrected chi connectivity index (χ4v) is 3.38. The zero-order valence-electron chi connectivity index (χ0n) is 15.7. The Morgan fingerprint density at radius 2 is 1.96 bits per heavy atom. The molecule has 26 heavy (non-hydrogen) atoms. The Labute approximate surface area is 153 Å². The first-order valence-electron chi connectivity index (χ1n) is 9.33. The SMILES string of the molecule is CCCCCc1c(C)nc(Cn2ccnc2-c2cccc(F)n2)n1CC. The van der Waals surface area contributed by atoms with E-state index in [2.05, 4.69) is 35.3 Å². The van der Waals surface area contributed by atoms with Gasteiger partial charge in [-0.15, -0.1) is 0 Å². The lowest BCUT2D eigenvalue weighted by atomic mass is 10.1. The van der Waals surface area contributed by atoms with Crippen LogP contribution in [0.1, 0.15) is 50.3 Å². The van der Waals surface area contributed by atoms with Crippen molar-refractivity contribution in [1.29, 1.82) is 0 Å². The normalized spacial score (nSPS) is 11.2. The first kappa shape index (κ1) is 18.3. The molecule has 0 bridgehead atoms. The third-order valence-corrected chi connectivity index (χ3v) is 4.66. The number of hydrogen-bond donors (Lipinski definition) is 0. The largest absolute Gasteiger partial charge is 0.331 e. The average molecular weight is 355 g/mol. The van der Waals surface area contributed by atoms with Crippen molar-refractivity contribution < 1.29 is 4.39 Å². The van der Waals surface area contributed by atoms with E-state index >= 15 is 0 Å². The van der Waals surface area contributed by atoms with Gasteiger partial charge < -0.3 is 9.13 Å².